The number of aromatic nitrogens is 3. The Kier molecular flexibility index (Phi) is 4.71. The van der Waals surface area contributed by atoms with Crippen LogP contribution in [0.2, 0.25) is 0 Å². The van der Waals surface area contributed by atoms with Gasteiger partial charge in [0.15, 0.2) is 5.65 Å². The fraction of sp³-hybridized carbons (Fsp3) is 0.120. The normalized spacial score (nSPS) is 11.9. The minimum absolute atomic E-state index is 0.00457. The Labute approximate surface area is 186 Å². The maximum absolute atomic E-state index is 13.8. The summed E-state index contributed by atoms with van der Waals surface area (Å²) in [6.45, 7) is 4.23. The number of benzene rings is 3. The van der Waals surface area contributed by atoms with Gasteiger partial charge in [0.1, 0.15) is 16.2 Å². The Morgan fingerprint density at radius 1 is 0.844 bits per heavy atom. The van der Waals surface area contributed by atoms with Crippen LogP contribution in [0.15, 0.2) is 82.6 Å². The lowest BCUT2D eigenvalue weighted by atomic mass is 10.1. The molecular weight excluding hydrogens is 420 g/mol. The molecule has 6 nitrogen and oxygen atoms in total. The highest BCUT2D eigenvalue weighted by atomic mass is 32.2. The number of hydrogen-bond donors (Lipinski definition) is 1. The summed E-state index contributed by atoms with van der Waals surface area (Å²) in [4.78, 5) is 9.64. The predicted octanol–water partition coefficient (Wildman–Crippen LogP) is 4.66. The van der Waals surface area contributed by atoms with Gasteiger partial charge >= 0.3 is 0 Å². The summed E-state index contributed by atoms with van der Waals surface area (Å²) in [5, 5.41) is 0. The summed E-state index contributed by atoms with van der Waals surface area (Å²) in [5.41, 5.74) is 11.5. The topological polar surface area (TPSA) is 90.9 Å². The van der Waals surface area contributed by atoms with Gasteiger partial charge in [-0.25, -0.2) is 18.4 Å². The fourth-order valence-corrected chi connectivity index (χ4v) is 5.47. The van der Waals surface area contributed by atoms with Gasteiger partial charge in [0, 0.05) is 0 Å². The van der Waals surface area contributed by atoms with Gasteiger partial charge in [0.2, 0.25) is 9.84 Å². The van der Waals surface area contributed by atoms with Crippen molar-refractivity contribution in [2.24, 2.45) is 0 Å². The molecule has 2 heterocycles. The Morgan fingerprint density at radius 3 is 2.19 bits per heavy atom. The molecule has 0 atom stereocenters. The number of rotatable bonds is 4. The molecule has 0 saturated heterocycles. The summed E-state index contributed by atoms with van der Waals surface area (Å²) in [5.74, 6) is 0.136. The van der Waals surface area contributed by atoms with Gasteiger partial charge in [-0.15, -0.1) is 0 Å². The van der Waals surface area contributed by atoms with Crippen LogP contribution in [0.3, 0.4) is 0 Å². The van der Waals surface area contributed by atoms with Crippen molar-refractivity contribution in [1.29, 1.82) is 0 Å². The second kappa shape index (κ2) is 7.46. The van der Waals surface area contributed by atoms with Gasteiger partial charge in [-0.2, -0.15) is 0 Å². The molecule has 160 valence electrons. The molecule has 0 unspecified atom stereocenters. The zero-order valence-corrected chi connectivity index (χ0v) is 18.6. The summed E-state index contributed by atoms with van der Waals surface area (Å²) >= 11 is 0. The van der Waals surface area contributed by atoms with E-state index in [0.29, 0.717) is 23.2 Å². The molecule has 2 N–H and O–H groups in total. The van der Waals surface area contributed by atoms with Gasteiger partial charge < -0.3 is 10.3 Å². The molecule has 0 fully saturated rings. The Balaban J connectivity index is 1.82. The lowest BCUT2D eigenvalue weighted by molar-refractivity contribution is 0.596. The van der Waals surface area contributed by atoms with Crippen molar-refractivity contribution >= 4 is 37.9 Å². The number of nitrogens with two attached hydrogens (primary N) is 1. The molecule has 32 heavy (non-hydrogen) atoms. The zero-order chi connectivity index (χ0) is 22.5. The van der Waals surface area contributed by atoms with E-state index < -0.39 is 9.84 Å². The van der Waals surface area contributed by atoms with E-state index >= 15 is 0 Å². The van der Waals surface area contributed by atoms with Gasteiger partial charge in [-0.05, 0) is 54.8 Å². The lowest BCUT2D eigenvalue weighted by Gasteiger charge is -2.09. The molecule has 0 aliphatic rings. The highest BCUT2D eigenvalue weighted by molar-refractivity contribution is 7.92. The Bertz CT molecular complexity index is 1590. The predicted molar refractivity (Wildman–Crippen MR) is 126 cm³/mol. The first-order chi connectivity index (χ1) is 15.4. The first-order valence-electron chi connectivity index (χ1n) is 10.3. The second-order valence-electron chi connectivity index (χ2n) is 7.92. The molecule has 0 amide bonds. The third-order valence-corrected chi connectivity index (χ3v) is 7.60. The van der Waals surface area contributed by atoms with Gasteiger partial charge in [0.05, 0.1) is 22.5 Å². The Morgan fingerprint density at radius 2 is 1.50 bits per heavy atom. The molecule has 0 aliphatic carbocycles. The quantitative estimate of drug-likeness (QED) is 0.437. The molecule has 2 aromatic heterocycles. The maximum Gasteiger partial charge on any atom is 0.212 e. The van der Waals surface area contributed by atoms with Crippen molar-refractivity contribution < 1.29 is 8.42 Å². The third-order valence-electron chi connectivity index (χ3n) is 5.79. The van der Waals surface area contributed by atoms with E-state index in [9.17, 15) is 8.42 Å². The van der Waals surface area contributed by atoms with Crippen molar-refractivity contribution in [1.82, 2.24) is 14.5 Å². The summed E-state index contributed by atoms with van der Waals surface area (Å²) < 4.78 is 29.3. The average Bonchev–Trinajstić information content (AvgIpc) is 3.05. The number of anilines is 1. The number of fused-ring (bicyclic) bond motifs is 2. The number of nitrogens with zero attached hydrogens (tertiary/aromatic N) is 3. The monoisotopic (exact) mass is 442 g/mol. The summed E-state index contributed by atoms with van der Waals surface area (Å²) in [7, 11) is -3.92. The molecule has 5 rings (SSSR count). The number of aryl methyl sites for hydroxylation is 2. The van der Waals surface area contributed by atoms with E-state index in [2.05, 4.69) is 0 Å². The molecule has 5 aromatic rings. The number of nitrogen functional groups attached to an aromatic ring is 1. The van der Waals surface area contributed by atoms with Gasteiger partial charge in [0.25, 0.3) is 0 Å². The molecule has 0 radical (unpaired) electrons. The van der Waals surface area contributed by atoms with Crippen molar-refractivity contribution in [3.63, 3.8) is 0 Å². The van der Waals surface area contributed by atoms with Crippen LogP contribution in [-0.2, 0) is 16.4 Å². The summed E-state index contributed by atoms with van der Waals surface area (Å²) in [6.07, 6.45) is 0. The van der Waals surface area contributed by atoms with E-state index in [1.165, 1.54) is 0 Å². The SMILES string of the molecule is Cc1ccc(S(=O)(=O)c2c(N)n(Cc3ccccc3)c3nc4ccccc4nc23)cc1C. The van der Waals surface area contributed by atoms with Crippen LogP contribution in [0.5, 0.6) is 0 Å². The molecule has 0 saturated carbocycles. The van der Waals surface area contributed by atoms with E-state index in [1.807, 2.05) is 74.5 Å². The van der Waals surface area contributed by atoms with Crippen molar-refractivity contribution in [3.8, 4) is 0 Å². The largest absolute Gasteiger partial charge is 0.384 e. The minimum Gasteiger partial charge on any atom is -0.384 e. The van der Waals surface area contributed by atoms with Crippen LogP contribution in [0.25, 0.3) is 22.2 Å². The van der Waals surface area contributed by atoms with E-state index in [1.54, 1.807) is 16.7 Å². The van der Waals surface area contributed by atoms with Gasteiger partial charge in [-0.3, -0.25) is 0 Å². The molecular formula is C25H22N4O2S. The average molecular weight is 443 g/mol. The molecule has 0 spiro atoms. The highest BCUT2D eigenvalue weighted by Gasteiger charge is 2.30. The first kappa shape index (κ1) is 20.2. The van der Waals surface area contributed by atoms with E-state index in [-0.39, 0.29) is 21.1 Å². The fourth-order valence-electron chi connectivity index (χ4n) is 3.88. The van der Waals surface area contributed by atoms with E-state index in [0.717, 1.165) is 16.7 Å². The molecule has 7 heteroatoms. The van der Waals surface area contributed by atoms with E-state index in [4.69, 9.17) is 15.7 Å². The third kappa shape index (κ3) is 3.22. The smallest absolute Gasteiger partial charge is 0.212 e. The lowest BCUT2D eigenvalue weighted by Crippen LogP contribution is -2.09. The maximum atomic E-state index is 13.8. The van der Waals surface area contributed by atoms with Crippen LogP contribution in [0.1, 0.15) is 16.7 Å². The van der Waals surface area contributed by atoms with Crippen LogP contribution in [-0.4, -0.2) is 23.0 Å². The van der Waals surface area contributed by atoms with Crippen molar-refractivity contribution in [3.05, 3.63) is 89.5 Å². The molecule has 3 aromatic carbocycles. The van der Waals surface area contributed by atoms with Crippen LogP contribution in [0, 0.1) is 13.8 Å². The number of hydrogen-bond acceptors (Lipinski definition) is 5. The second-order valence-corrected chi connectivity index (χ2v) is 9.81. The van der Waals surface area contributed by atoms with Crippen LogP contribution >= 0.6 is 0 Å². The van der Waals surface area contributed by atoms with Gasteiger partial charge in [-0.1, -0.05) is 48.5 Å². The molecule has 0 aliphatic heterocycles. The number of sulfone groups is 1. The van der Waals surface area contributed by atoms with Crippen LogP contribution < -0.4 is 5.73 Å². The zero-order valence-electron chi connectivity index (χ0n) is 17.8. The Hall–Kier alpha value is -3.71. The summed E-state index contributed by atoms with van der Waals surface area (Å²) in [6, 6.07) is 22.3. The van der Waals surface area contributed by atoms with Crippen molar-refractivity contribution in [2.45, 2.75) is 30.2 Å². The highest BCUT2D eigenvalue weighted by Crippen LogP contribution is 2.36. The van der Waals surface area contributed by atoms with Crippen LogP contribution in [0.4, 0.5) is 5.82 Å². The van der Waals surface area contributed by atoms with Crippen molar-refractivity contribution in [2.75, 3.05) is 5.73 Å². The first-order valence-corrected chi connectivity index (χ1v) is 11.8. The molecule has 0 bridgehead atoms. The minimum atomic E-state index is -3.92. The number of para-hydroxylation sites is 2. The standard InChI is InChI=1S/C25H22N4O2S/c1-16-12-13-19(14-17(16)2)32(30,31)23-22-25(28-21-11-7-6-10-20(21)27-22)29(24(23)26)15-18-8-4-3-5-9-18/h3-14H,15,26H2,1-2H3.